The molecule has 0 unspecified atom stereocenters. The van der Waals surface area contributed by atoms with Crippen molar-refractivity contribution in [3.8, 4) is 0 Å². The van der Waals surface area contributed by atoms with Crippen LogP contribution in [0.5, 0.6) is 0 Å². The lowest BCUT2D eigenvalue weighted by atomic mass is 10.5. The first-order chi connectivity index (χ1) is 4.12. The quantitative estimate of drug-likeness (QED) is 0.529. The van der Waals surface area contributed by atoms with Crippen molar-refractivity contribution < 1.29 is 0 Å². The average Bonchev–Trinajstić information content (AvgIpc) is 1.84. The van der Waals surface area contributed by atoms with E-state index in [4.69, 9.17) is 27.9 Å². The molecule has 2 N–H and O–H groups in total. The molecule has 0 aromatic heterocycles. The Hall–Kier alpha value is 0.757. The Morgan fingerprint density at radius 2 is 2.00 bits per heavy atom. The van der Waals surface area contributed by atoms with Gasteiger partial charge in [0.2, 0.25) is 0 Å². The Kier molecular flexibility index (Phi) is 4.94. The van der Waals surface area contributed by atoms with Crippen LogP contribution in [0.15, 0.2) is 0 Å². The molecule has 0 aliphatic heterocycles. The fourth-order valence-electron chi connectivity index (χ4n) is 0.537. The van der Waals surface area contributed by atoms with Crippen molar-refractivity contribution in [3.05, 3.63) is 0 Å². The Labute approximate surface area is 66.9 Å². The summed E-state index contributed by atoms with van der Waals surface area (Å²) in [6.45, 7) is 0.899. The molecule has 0 amide bonds. The normalized spacial score (nSPS) is 12.0. The van der Waals surface area contributed by atoms with Gasteiger partial charge >= 0.3 is 0 Å². The maximum Gasteiger partial charge on any atom is 0.251 e. The second-order valence-electron chi connectivity index (χ2n) is 2.10. The molecule has 0 bridgehead atoms. The molecule has 56 valence electrons. The standard InChI is InChI=1S/C5H13Cl2NSi/c1-2-9(6,7)5-3-4-8/h2-5,8H2,1H3. The fraction of sp³-hybridized carbons (Fsp3) is 1.00. The summed E-state index contributed by atoms with van der Waals surface area (Å²) in [4.78, 5) is 0. The van der Waals surface area contributed by atoms with Gasteiger partial charge in [0, 0.05) is 0 Å². The summed E-state index contributed by atoms with van der Waals surface area (Å²) < 4.78 is 0. The summed E-state index contributed by atoms with van der Waals surface area (Å²) in [6.07, 6.45) is 0.965. The molecule has 0 heterocycles. The predicted molar refractivity (Wildman–Crippen MR) is 46.4 cm³/mol. The highest BCUT2D eigenvalue weighted by molar-refractivity contribution is 7.45. The molecule has 0 aromatic carbocycles. The fourth-order valence-corrected chi connectivity index (χ4v) is 2.41. The van der Waals surface area contributed by atoms with Crippen LogP contribution in [0.2, 0.25) is 12.1 Å². The second kappa shape index (κ2) is 4.55. The van der Waals surface area contributed by atoms with Crippen LogP contribution in [-0.2, 0) is 0 Å². The first kappa shape index (κ1) is 9.76. The van der Waals surface area contributed by atoms with Crippen molar-refractivity contribution in [2.45, 2.75) is 25.4 Å². The minimum absolute atomic E-state index is 0.703. The third kappa shape index (κ3) is 5.21. The van der Waals surface area contributed by atoms with E-state index in [-0.39, 0.29) is 0 Å². The predicted octanol–water partition coefficient (Wildman–Crippen LogP) is 2.27. The third-order valence-corrected chi connectivity index (χ3v) is 6.12. The maximum absolute atomic E-state index is 5.95. The van der Waals surface area contributed by atoms with Crippen molar-refractivity contribution in [1.82, 2.24) is 0 Å². The van der Waals surface area contributed by atoms with Crippen LogP contribution in [0.25, 0.3) is 0 Å². The number of nitrogens with two attached hydrogens (primary N) is 1. The molecular weight excluding hydrogens is 173 g/mol. The molecule has 0 rings (SSSR count). The van der Waals surface area contributed by atoms with Crippen LogP contribution in [0.1, 0.15) is 13.3 Å². The summed E-state index contributed by atoms with van der Waals surface area (Å²) in [5.41, 5.74) is 5.30. The van der Waals surface area contributed by atoms with E-state index in [0.717, 1.165) is 18.5 Å². The lowest BCUT2D eigenvalue weighted by Crippen LogP contribution is -2.18. The van der Waals surface area contributed by atoms with Crippen molar-refractivity contribution in [2.75, 3.05) is 6.54 Å². The number of rotatable bonds is 4. The molecule has 0 aliphatic rings. The van der Waals surface area contributed by atoms with E-state index in [1.165, 1.54) is 0 Å². The van der Waals surface area contributed by atoms with Gasteiger partial charge in [-0.15, -0.1) is 22.2 Å². The zero-order valence-electron chi connectivity index (χ0n) is 5.66. The molecule has 4 heteroatoms. The summed E-state index contributed by atoms with van der Waals surface area (Å²) in [5.74, 6) is 0. The van der Waals surface area contributed by atoms with Crippen LogP contribution in [-0.4, -0.2) is 13.2 Å². The van der Waals surface area contributed by atoms with E-state index in [2.05, 4.69) is 0 Å². The first-order valence-electron chi connectivity index (χ1n) is 3.20. The maximum atomic E-state index is 5.95. The summed E-state index contributed by atoms with van der Waals surface area (Å²) in [7, 11) is 0. The summed E-state index contributed by atoms with van der Waals surface area (Å²) in [6, 6.07) is 1.86. The SMILES string of the molecule is CC[Si](Cl)(Cl)CCCN. The zero-order chi connectivity index (χ0) is 7.33. The summed E-state index contributed by atoms with van der Waals surface area (Å²) in [5, 5.41) is 0. The molecule has 0 atom stereocenters. The van der Waals surface area contributed by atoms with Gasteiger partial charge in [-0.25, -0.2) is 0 Å². The molecule has 0 spiro atoms. The Morgan fingerprint density at radius 3 is 2.33 bits per heavy atom. The lowest BCUT2D eigenvalue weighted by molar-refractivity contribution is 0.918. The minimum Gasteiger partial charge on any atom is -0.330 e. The van der Waals surface area contributed by atoms with E-state index < -0.39 is 6.69 Å². The molecule has 9 heavy (non-hydrogen) atoms. The average molecular weight is 186 g/mol. The molecule has 0 aromatic rings. The van der Waals surface area contributed by atoms with Gasteiger partial charge in [0.1, 0.15) is 0 Å². The van der Waals surface area contributed by atoms with Crippen LogP contribution in [0.4, 0.5) is 0 Å². The van der Waals surface area contributed by atoms with Crippen molar-refractivity contribution in [2.24, 2.45) is 5.73 Å². The topological polar surface area (TPSA) is 26.0 Å². The van der Waals surface area contributed by atoms with Crippen molar-refractivity contribution >= 4 is 28.9 Å². The zero-order valence-corrected chi connectivity index (χ0v) is 8.17. The Morgan fingerprint density at radius 1 is 1.44 bits per heavy atom. The summed E-state index contributed by atoms with van der Waals surface area (Å²) >= 11 is 11.9. The van der Waals surface area contributed by atoms with Gasteiger partial charge in [-0.1, -0.05) is 6.92 Å². The van der Waals surface area contributed by atoms with Crippen molar-refractivity contribution in [3.63, 3.8) is 0 Å². The molecule has 0 aliphatic carbocycles. The second-order valence-corrected chi connectivity index (χ2v) is 9.94. The van der Waals surface area contributed by atoms with Gasteiger partial charge < -0.3 is 5.73 Å². The monoisotopic (exact) mass is 185 g/mol. The molecule has 0 saturated heterocycles. The Balaban J connectivity index is 3.33. The van der Waals surface area contributed by atoms with Gasteiger partial charge in [-0.3, -0.25) is 0 Å². The minimum atomic E-state index is -1.83. The van der Waals surface area contributed by atoms with E-state index in [1.54, 1.807) is 0 Å². The molecule has 0 fully saturated rings. The third-order valence-electron chi connectivity index (χ3n) is 1.26. The molecule has 0 saturated carbocycles. The van der Waals surface area contributed by atoms with E-state index in [0.29, 0.717) is 6.54 Å². The number of hydrogen-bond acceptors (Lipinski definition) is 1. The largest absolute Gasteiger partial charge is 0.330 e. The van der Waals surface area contributed by atoms with E-state index >= 15 is 0 Å². The van der Waals surface area contributed by atoms with Crippen LogP contribution in [0, 0.1) is 0 Å². The molecule has 0 radical (unpaired) electrons. The smallest absolute Gasteiger partial charge is 0.251 e. The van der Waals surface area contributed by atoms with Crippen LogP contribution < -0.4 is 5.73 Å². The van der Waals surface area contributed by atoms with Gasteiger partial charge in [0.05, 0.1) is 0 Å². The number of hydrogen-bond donors (Lipinski definition) is 1. The van der Waals surface area contributed by atoms with Gasteiger partial charge in [0.25, 0.3) is 6.69 Å². The number of halogens is 2. The first-order valence-corrected chi connectivity index (χ1v) is 7.64. The highest BCUT2D eigenvalue weighted by atomic mass is 35.7. The van der Waals surface area contributed by atoms with E-state index in [9.17, 15) is 0 Å². The van der Waals surface area contributed by atoms with Crippen LogP contribution in [0.3, 0.4) is 0 Å². The molecule has 1 nitrogen and oxygen atoms in total. The van der Waals surface area contributed by atoms with Gasteiger partial charge in [-0.2, -0.15) is 0 Å². The van der Waals surface area contributed by atoms with Crippen LogP contribution >= 0.6 is 22.2 Å². The highest BCUT2D eigenvalue weighted by Crippen LogP contribution is 2.25. The van der Waals surface area contributed by atoms with Gasteiger partial charge in [0.15, 0.2) is 0 Å². The Bertz CT molecular complexity index is 77.4. The molecular formula is C5H13Cl2NSi. The lowest BCUT2D eigenvalue weighted by Gasteiger charge is -2.11. The van der Waals surface area contributed by atoms with Gasteiger partial charge in [-0.05, 0) is 25.1 Å². The highest BCUT2D eigenvalue weighted by Gasteiger charge is 2.24. The van der Waals surface area contributed by atoms with Crippen molar-refractivity contribution in [1.29, 1.82) is 0 Å². The van der Waals surface area contributed by atoms with E-state index in [1.807, 2.05) is 6.92 Å².